The van der Waals surface area contributed by atoms with Crippen LogP contribution in [-0.2, 0) is 6.54 Å². The number of nitrogens with one attached hydrogen (secondary N) is 1. The molecule has 25 heavy (non-hydrogen) atoms. The van der Waals surface area contributed by atoms with Crippen molar-refractivity contribution in [3.05, 3.63) is 52.5 Å². The molecule has 1 aliphatic rings. The molecule has 0 unspecified atom stereocenters. The molecule has 0 aromatic heterocycles. The standard InChI is InChI=1S/C19H20ClNO4/c1-12(2)25-16-7-6-14(20)10-15(16)19(22)21-11-13-4-3-5-17-18(13)24-9-8-23-17/h3-7,10,12H,8-9,11H2,1-2H3,(H,21,22). The second-order valence-corrected chi connectivity index (χ2v) is 6.37. The molecule has 0 radical (unpaired) electrons. The maximum absolute atomic E-state index is 12.6. The number of para-hydroxylation sites is 1. The summed E-state index contributed by atoms with van der Waals surface area (Å²) in [4.78, 5) is 12.6. The predicted molar refractivity (Wildman–Crippen MR) is 95.8 cm³/mol. The summed E-state index contributed by atoms with van der Waals surface area (Å²) < 4.78 is 16.9. The van der Waals surface area contributed by atoms with Gasteiger partial charge in [0, 0.05) is 17.1 Å². The van der Waals surface area contributed by atoms with E-state index in [0.717, 1.165) is 5.56 Å². The van der Waals surface area contributed by atoms with Gasteiger partial charge >= 0.3 is 0 Å². The minimum atomic E-state index is -0.257. The van der Waals surface area contributed by atoms with Gasteiger partial charge in [-0.05, 0) is 38.1 Å². The Morgan fingerprint density at radius 2 is 2.04 bits per heavy atom. The molecule has 1 amide bonds. The van der Waals surface area contributed by atoms with Crippen molar-refractivity contribution >= 4 is 17.5 Å². The van der Waals surface area contributed by atoms with Crippen LogP contribution in [0.4, 0.5) is 0 Å². The van der Waals surface area contributed by atoms with Gasteiger partial charge in [0.15, 0.2) is 11.5 Å². The van der Waals surface area contributed by atoms with Crippen LogP contribution in [0.3, 0.4) is 0 Å². The van der Waals surface area contributed by atoms with Crippen LogP contribution in [0.15, 0.2) is 36.4 Å². The number of halogens is 1. The quantitative estimate of drug-likeness (QED) is 0.879. The molecule has 2 aromatic rings. The first-order chi connectivity index (χ1) is 12.0. The fourth-order valence-electron chi connectivity index (χ4n) is 2.58. The number of carbonyl (C=O) groups is 1. The lowest BCUT2D eigenvalue weighted by Crippen LogP contribution is -2.25. The first-order valence-electron chi connectivity index (χ1n) is 8.16. The summed E-state index contributed by atoms with van der Waals surface area (Å²) in [6.07, 6.45) is -0.0422. The molecular formula is C19H20ClNO4. The van der Waals surface area contributed by atoms with Gasteiger partial charge in [-0.15, -0.1) is 0 Å². The number of amides is 1. The fraction of sp³-hybridized carbons (Fsp3) is 0.316. The number of rotatable bonds is 5. The van der Waals surface area contributed by atoms with E-state index in [1.807, 2.05) is 32.0 Å². The summed E-state index contributed by atoms with van der Waals surface area (Å²) in [5.41, 5.74) is 1.27. The summed E-state index contributed by atoms with van der Waals surface area (Å²) in [5.74, 6) is 1.63. The lowest BCUT2D eigenvalue weighted by atomic mass is 10.1. The van der Waals surface area contributed by atoms with Gasteiger partial charge in [-0.3, -0.25) is 4.79 Å². The van der Waals surface area contributed by atoms with Crippen LogP contribution in [0, 0.1) is 0 Å². The lowest BCUT2D eigenvalue weighted by Gasteiger charge is -2.21. The van der Waals surface area contributed by atoms with E-state index in [9.17, 15) is 4.79 Å². The Bertz CT molecular complexity index is 776. The molecule has 3 rings (SSSR count). The monoisotopic (exact) mass is 361 g/mol. The molecule has 0 atom stereocenters. The molecule has 1 aliphatic heterocycles. The number of hydrogen-bond donors (Lipinski definition) is 1. The topological polar surface area (TPSA) is 56.8 Å². The van der Waals surface area contributed by atoms with Gasteiger partial charge in [0.05, 0.1) is 11.7 Å². The summed E-state index contributed by atoms with van der Waals surface area (Å²) in [6, 6.07) is 10.6. The van der Waals surface area contributed by atoms with Crippen molar-refractivity contribution in [1.82, 2.24) is 5.32 Å². The normalized spacial score (nSPS) is 12.8. The highest BCUT2D eigenvalue weighted by molar-refractivity contribution is 6.31. The Balaban J connectivity index is 1.76. The molecule has 1 N–H and O–H groups in total. The van der Waals surface area contributed by atoms with Crippen LogP contribution in [0.25, 0.3) is 0 Å². The van der Waals surface area contributed by atoms with E-state index in [0.29, 0.717) is 47.6 Å². The number of fused-ring (bicyclic) bond motifs is 1. The highest BCUT2D eigenvalue weighted by Gasteiger charge is 2.18. The maximum atomic E-state index is 12.6. The second kappa shape index (κ2) is 7.66. The maximum Gasteiger partial charge on any atom is 0.255 e. The summed E-state index contributed by atoms with van der Waals surface area (Å²) in [5, 5.41) is 3.37. The van der Waals surface area contributed by atoms with Crippen molar-refractivity contribution in [2.24, 2.45) is 0 Å². The van der Waals surface area contributed by atoms with E-state index in [1.54, 1.807) is 18.2 Å². The van der Waals surface area contributed by atoms with Crippen LogP contribution in [0.2, 0.25) is 5.02 Å². The van der Waals surface area contributed by atoms with Gasteiger partial charge in [-0.1, -0.05) is 23.7 Å². The molecule has 0 fully saturated rings. The van der Waals surface area contributed by atoms with E-state index < -0.39 is 0 Å². The molecule has 2 aromatic carbocycles. The Morgan fingerprint density at radius 1 is 1.24 bits per heavy atom. The predicted octanol–water partition coefficient (Wildman–Crippen LogP) is 3.83. The van der Waals surface area contributed by atoms with Gasteiger partial charge in [0.1, 0.15) is 19.0 Å². The Labute approximate surface area is 151 Å². The molecule has 0 bridgehead atoms. The fourth-order valence-corrected chi connectivity index (χ4v) is 2.75. The molecule has 132 valence electrons. The first-order valence-corrected chi connectivity index (χ1v) is 8.54. The summed E-state index contributed by atoms with van der Waals surface area (Å²) in [7, 11) is 0. The van der Waals surface area contributed by atoms with Crippen molar-refractivity contribution < 1.29 is 19.0 Å². The molecule has 6 heteroatoms. The third-order valence-electron chi connectivity index (χ3n) is 3.64. The smallest absolute Gasteiger partial charge is 0.255 e. The third-order valence-corrected chi connectivity index (χ3v) is 3.87. The minimum Gasteiger partial charge on any atom is -0.490 e. The van der Waals surface area contributed by atoms with Crippen LogP contribution in [0.1, 0.15) is 29.8 Å². The molecule has 1 heterocycles. The van der Waals surface area contributed by atoms with Crippen molar-refractivity contribution in [3.63, 3.8) is 0 Å². The number of benzene rings is 2. The molecule has 5 nitrogen and oxygen atoms in total. The van der Waals surface area contributed by atoms with Gasteiger partial charge < -0.3 is 19.5 Å². The largest absolute Gasteiger partial charge is 0.490 e. The van der Waals surface area contributed by atoms with Gasteiger partial charge in [-0.25, -0.2) is 0 Å². The Hall–Kier alpha value is -2.40. The van der Waals surface area contributed by atoms with Crippen molar-refractivity contribution in [3.8, 4) is 17.2 Å². The van der Waals surface area contributed by atoms with Gasteiger partial charge in [-0.2, -0.15) is 0 Å². The van der Waals surface area contributed by atoms with E-state index >= 15 is 0 Å². The first kappa shape index (κ1) is 17.4. The van der Waals surface area contributed by atoms with E-state index in [2.05, 4.69) is 5.32 Å². The number of hydrogen-bond acceptors (Lipinski definition) is 4. The average Bonchev–Trinajstić information content (AvgIpc) is 2.60. The molecule has 0 aliphatic carbocycles. The average molecular weight is 362 g/mol. The van der Waals surface area contributed by atoms with Crippen molar-refractivity contribution in [2.45, 2.75) is 26.5 Å². The molecule has 0 saturated carbocycles. The molecule has 0 saturated heterocycles. The zero-order valence-electron chi connectivity index (χ0n) is 14.2. The zero-order chi connectivity index (χ0) is 17.8. The van der Waals surface area contributed by atoms with Crippen LogP contribution < -0.4 is 19.5 Å². The Morgan fingerprint density at radius 3 is 2.84 bits per heavy atom. The zero-order valence-corrected chi connectivity index (χ0v) is 14.9. The van der Waals surface area contributed by atoms with Crippen LogP contribution >= 0.6 is 11.6 Å². The van der Waals surface area contributed by atoms with Gasteiger partial charge in [0.2, 0.25) is 0 Å². The van der Waals surface area contributed by atoms with Crippen molar-refractivity contribution in [1.29, 1.82) is 0 Å². The van der Waals surface area contributed by atoms with E-state index in [4.69, 9.17) is 25.8 Å². The highest BCUT2D eigenvalue weighted by atomic mass is 35.5. The Kier molecular flexibility index (Phi) is 5.34. The third kappa shape index (κ3) is 4.17. The number of ether oxygens (including phenoxy) is 3. The second-order valence-electron chi connectivity index (χ2n) is 5.93. The minimum absolute atomic E-state index is 0.0422. The molecule has 0 spiro atoms. The van der Waals surface area contributed by atoms with Crippen molar-refractivity contribution in [2.75, 3.05) is 13.2 Å². The summed E-state index contributed by atoms with van der Waals surface area (Å²) in [6.45, 7) is 5.16. The van der Waals surface area contributed by atoms with E-state index in [1.165, 1.54) is 0 Å². The van der Waals surface area contributed by atoms with Crippen LogP contribution in [-0.4, -0.2) is 25.2 Å². The SMILES string of the molecule is CC(C)Oc1ccc(Cl)cc1C(=O)NCc1cccc2c1OCCO2. The number of carbonyl (C=O) groups excluding carboxylic acids is 1. The van der Waals surface area contributed by atoms with E-state index in [-0.39, 0.29) is 12.0 Å². The molecular weight excluding hydrogens is 342 g/mol. The lowest BCUT2D eigenvalue weighted by molar-refractivity contribution is 0.0944. The summed E-state index contributed by atoms with van der Waals surface area (Å²) >= 11 is 6.04. The van der Waals surface area contributed by atoms with Crippen LogP contribution in [0.5, 0.6) is 17.2 Å². The van der Waals surface area contributed by atoms with Gasteiger partial charge in [0.25, 0.3) is 5.91 Å². The highest BCUT2D eigenvalue weighted by Crippen LogP contribution is 2.33.